The molecule has 2 aliphatic carbocycles. The third-order valence-corrected chi connectivity index (χ3v) is 4.92. The summed E-state index contributed by atoms with van der Waals surface area (Å²) in [6, 6.07) is 1.25. The second kappa shape index (κ2) is 6.19. The number of nitrogen functional groups attached to an aromatic ring is 1. The quantitative estimate of drug-likeness (QED) is 0.678. The molecule has 21 heavy (non-hydrogen) atoms. The molecule has 6 nitrogen and oxygen atoms in total. The summed E-state index contributed by atoms with van der Waals surface area (Å²) >= 11 is 1.35. The molecule has 0 atom stereocenters. The van der Waals surface area contributed by atoms with Gasteiger partial charge in [0.1, 0.15) is 10.7 Å². The van der Waals surface area contributed by atoms with Crippen LogP contribution in [0, 0.1) is 0 Å². The zero-order valence-electron chi connectivity index (χ0n) is 12.4. The fourth-order valence-electron chi connectivity index (χ4n) is 2.39. The van der Waals surface area contributed by atoms with E-state index in [9.17, 15) is 4.79 Å². The number of carbonyl (C=O) groups excluding carboxylic acids is 1. The standard InChI is InChI=1S/C14H23N5OS/c1-2-19(10-5-6-10)8-7-16-13(20)11-12(15)18-14(21-11)17-9-3-4-9/h9-10H,2-8,15H2,1H3,(H,16,20)(H,17,18). The Bertz CT molecular complexity index is 509. The number of nitrogens with one attached hydrogen (secondary N) is 2. The molecular weight excluding hydrogens is 286 g/mol. The smallest absolute Gasteiger partial charge is 0.265 e. The summed E-state index contributed by atoms with van der Waals surface area (Å²) < 4.78 is 0. The van der Waals surface area contributed by atoms with Gasteiger partial charge < -0.3 is 16.4 Å². The van der Waals surface area contributed by atoms with Crippen molar-refractivity contribution >= 4 is 28.2 Å². The minimum atomic E-state index is -0.110. The molecule has 2 fully saturated rings. The Balaban J connectivity index is 1.48. The summed E-state index contributed by atoms with van der Waals surface area (Å²) in [5, 5.41) is 6.99. The van der Waals surface area contributed by atoms with E-state index < -0.39 is 0 Å². The maximum atomic E-state index is 12.2. The lowest BCUT2D eigenvalue weighted by Crippen LogP contribution is -2.36. The predicted octanol–water partition coefficient (Wildman–Crippen LogP) is 1.51. The first-order valence-corrected chi connectivity index (χ1v) is 8.54. The van der Waals surface area contributed by atoms with Gasteiger partial charge in [0.2, 0.25) is 0 Å². The maximum absolute atomic E-state index is 12.2. The van der Waals surface area contributed by atoms with Gasteiger partial charge in [-0.1, -0.05) is 18.3 Å². The van der Waals surface area contributed by atoms with Gasteiger partial charge in [-0.25, -0.2) is 4.98 Å². The van der Waals surface area contributed by atoms with Gasteiger partial charge in [0.15, 0.2) is 5.13 Å². The molecule has 0 radical (unpaired) electrons. The number of likely N-dealkylation sites (N-methyl/N-ethyl adjacent to an activating group) is 1. The van der Waals surface area contributed by atoms with Crippen LogP contribution in [0.5, 0.6) is 0 Å². The second-order valence-electron chi connectivity index (χ2n) is 5.77. The number of nitrogens with zero attached hydrogens (tertiary/aromatic N) is 2. The Labute approximate surface area is 129 Å². The first-order chi connectivity index (χ1) is 10.2. The van der Waals surface area contributed by atoms with Crippen LogP contribution in [-0.4, -0.2) is 47.5 Å². The molecule has 0 bridgehead atoms. The lowest BCUT2D eigenvalue weighted by Gasteiger charge is -2.19. The van der Waals surface area contributed by atoms with E-state index in [4.69, 9.17) is 5.73 Å². The van der Waals surface area contributed by atoms with Crippen molar-refractivity contribution in [3.8, 4) is 0 Å². The molecule has 7 heteroatoms. The number of aromatic nitrogens is 1. The third-order valence-electron chi connectivity index (χ3n) is 3.92. The summed E-state index contributed by atoms with van der Waals surface area (Å²) in [6.45, 7) is 4.76. The second-order valence-corrected chi connectivity index (χ2v) is 6.77. The van der Waals surface area contributed by atoms with Gasteiger partial charge >= 0.3 is 0 Å². The van der Waals surface area contributed by atoms with Crippen LogP contribution >= 0.6 is 11.3 Å². The summed E-state index contributed by atoms with van der Waals surface area (Å²) in [6.07, 6.45) is 4.93. The van der Waals surface area contributed by atoms with Crippen LogP contribution in [0.2, 0.25) is 0 Å². The Morgan fingerprint density at radius 2 is 2.19 bits per heavy atom. The largest absolute Gasteiger partial charge is 0.382 e. The Hall–Kier alpha value is -1.34. The fraction of sp³-hybridized carbons (Fsp3) is 0.714. The van der Waals surface area contributed by atoms with E-state index in [-0.39, 0.29) is 5.91 Å². The molecule has 0 saturated heterocycles. The van der Waals surface area contributed by atoms with Gasteiger partial charge in [0.05, 0.1) is 0 Å². The SMILES string of the molecule is CCN(CCNC(=O)c1sc(NC2CC2)nc1N)C1CC1. The van der Waals surface area contributed by atoms with Crippen molar-refractivity contribution in [2.45, 2.75) is 44.7 Å². The molecule has 1 amide bonds. The van der Waals surface area contributed by atoms with Gasteiger partial charge in [-0.15, -0.1) is 0 Å². The van der Waals surface area contributed by atoms with Crippen LogP contribution in [0.15, 0.2) is 0 Å². The third kappa shape index (κ3) is 3.85. The minimum absolute atomic E-state index is 0.110. The first-order valence-electron chi connectivity index (χ1n) is 7.72. The van der Waals surface area contributed by atoms with Crippen LogP contribution in [0.1, 0.15) is 42.3 Å². The highest BCUT2D eigenvalue weighted by Gasteiger charge is 2.27. The van der Waals surface area contributed by atoms with Crippen LogP contribution in [0.4, 0.5) is 10.9 Å². The number of thiazole rings is 1. The van der Waals surface area contributed by atoms with E-state index in [1.165, 1.54) is 37.0 Å². The number of hydrogen-bond donors (Lipinski definition) is 3. The lowest BCUT2D eigenvalue weighted by atomic mass is 10.4. The summed E-state index contributed by atoms with van der Waals surface area (Å²) in [5.41, 5.74) is 5.84. The van der Waals surface area contributed by atoms with Crippen molar-refractivity contribution in [1.82, 2.24) is 15.2 Å². The average Bonchev–Trinajstić information content (AvgIpc) is 3.35. The monoisotopic (exact) mass is 309 g/mol. The van der Waals surface area contributed by atoms with Gasteiger partial charge in [-0.3, -0.25) is 9.69 Å². The Morgan fingerprint density at radius 3 is 2.81 bits per heavy atom. The molecule has 2 saturated carbocycles. The highest BCUT2D eigenvalue weighted by Crippen LogP contribution is 2.30. The van der Waals surface area contributed by atoms with Crippen LogP contribution in [0.25, 0.3) is 0 Å². The fourth-order valence-corrected chi connectivity index (χ4v) is 3.27. The van der Waals surface area contributed by atoms with Crippen molar-refractivity contribution in [2.75, 3.05) is 30.7 Å². The number of hydrogen-bond acceptors (Lipinski definition) is 6. The van der Waals surface area contributed by atoms with Gasteiger partial charge in [0.25, 0.3) is 5.91 Å². The molecule has 1 aromatic heterocycles. The van der Waals surface area contributed by atoms with Crippen LogP contribution < -0.4 is 16.4 Å². The molecule has 0 spiro atoms. The van der Waals surface area contributed by atoms with Crippen molar-refractivity contribution in [3.63, 3.8) is 0 Å². The van der Waals surface area contributed by atoms with E-state index in [2.05, 4.69) is 27.4 Å². The van der Waals surface area contributed by atoms with Crippen LogP contribution in [0.3, 0.4) is 0 Å². The van der Waals surface area contributed by atoms with E-state index >= 15 is 0 Å². The van der Waals surface area contributed by atoms with E-state index in [0.29, 0.717) is 23.3 Å². The molecule has 1 aromatic rings. The lowest BCUT2D eigenvalue weighted by molar-refractivity contribution is 0.0952. The zero-order valence-corrected chi connectivity index (χ0v) is 13.2. The molecule has 3 rings (SSSR count). The molecule has 0 aliphatic heterocycles. The molecule has 1 heterocycles. The summed E-state index contributed by atoms with van der Waals surface area (Å²) in [7, 11) is 0. The van der Waals surface area contributed by atoms with E-state index in [1.807, 2.05) is 0 Å². The molecule has 0 aromatic carbocycles. The van der Waals surface area contributed by atoms with Gasteiger partial charge in [-0.05, 0) is 32.2 Å². The van der Waals surface area contributed by atoms with Crippen molar-refractivity contribution in [1.29, 1.82) is 0 Å². The number of anilines is 2. The number of nitrogens with two attached hydrogens (primary N) is 1. The maximum Gasteiger partial charge on any atom is 0.265 e. The normalized spacial score (nSPS) is 18.0. The van der Waals surface area contributed by atoms with E-state index in [1.54, 1.807) is 0 Å². The molecule has 2 aliphatic rings. The molecular formula is C14H23N5OS. The molecule has 4 N–H and O–H groups in total. The highest BCUT2D eigenvalue weighted by atomic mass is 32.1. The molecule has 116 valence electrons. The zero-order chi connectivity index (χ0) is 14.8. The Morgan fingerprint density at radius 1 is 1.43 bits per heavy atom. The Kier molecular flexibility index (Phi) is 4.30. The van der Waals surface area contributed by atoms with Crippen molar-refractivity contribution in [2.24, 2.45) is 0 Å². The predicted molar refractivity (Wildman–Crippen MR) is 85.8 cm³/mol. The average molecular weight is 309 g/mol. The number of amides is 1. The number of carbonyl (C=O) groups is 1. The summed E-state index contributed by atoms with van der Waals surface area (Å²) in [5.74, 6) is 0.218. The first kappa shape index (κ1) is 14.6. The van der Waals surface area contributed by atoms with Crippen molar-refractivity contribution < 1.29 is 4.79 Å². The van der Waals surface area contributed by atoms with Crippen molar-refractivity contribution in [3.05, 3.63) is 4.88 Å². The minimum Gasteiger partial charge on any atom is -0.382 e. The summed E-state index contributed by atoms with van der Waals surface area (Å²) in [4.78, 5) is 19.3. The van der Waals surface area contributed by atoms with Crippen LogP contribution in [-0.2, 0) is 0 Å². The number of rotatable bonds is 8. The van der Waals surface area contributed by atoms with Gasteiger partial charge in [-0.2, -0.15) is 0 Å². The van der Waals surface area contributed by atoms with E-state index in [0.717, 1.165) is 24.3 Å². The molecule has 0 unspecified atom stereocenters. The highest BCUT2D eigenvalue weighted by molar-refractivity contribution is 7.18. The topological polar surface area (TPSA) is 83.3 Å². The van der Waals surface area contributed by atoms with Gasteiger partial charge in [0, 0.05) is 25.2 Å².